The summed E-state index contributed by atoms with van der Waals surface area (Å²) in [6.45, 7) is 4.80. The van der Waals surface area contributed by atoms with Crippen LogP contribution in [0.3, 0.4) is 0 Å². The van der Waals surface area contributed by atoms with E-state index in [0.29, 0.717) is 19.4 Å². The van der Waals surface area contributed by atoms with Gasteiger partial charge >= 0.3 is 5.97 Å². The molecule has 0 bridgehead atoms. The molecular weight excluding hydrogens is 647 g/mol. The van der Waals surface area contributed by atoms with Crippen molar-refractivity contribution in [3.8, 4) is 0 Å². The number of carbonyl (C=O) groups is 2. The van der Waals surface area contributed by atoms with Gasteiger partial charge in [-0.3, -0.25) is 9.59 Å². The van der Waals surface area contributed by atoms with Gasteiger partial charge in [0.15, 0.2) is 0 Å². The average molecular weight is 734 g/mol. The van der Waals surface area contributed by atoms with Crippen LogP contribution in [0.2, 0.25) is 0 Å². The number of hydrogen-bond acceptors (Lipinski definition) is 5. The highest BCUT2D eigenvalue weighted by molar-refractivity contribution is 5.76. The van der Waals surface area contributed by atoms with Gasteiger partial charge in [-0.15, -0.1) is 0 Å². The fourth-order valence-corrected chi connectivity index (χ4v) is 6.68. The highest BCUT2D eigenvalue weighted by Crippen LogP contribution is 2.14. The summed E-state index contributed by atoms with van der Waals surface area (Å²) >= 11 is 0. The van der Waals surface area contributed by atoms with Gasteiger partial charge in [-0.1, -0.05) is 186 Å². The Morgan fingerprint density at radius 1 is 0.519 bits per heavy atom. The Hall–Kier alpha value is -1.66. The molecule has 0 aromatic rings. The minimum absolute atomic E-state index is 0.0363. The SMILES string of the molecule is CCCCCCCC/C=C\CCCCCCCC(=O)OCCCCCCCCCCCC(=O)NC(CO)C(O)/C=C/CCCCCCCCCCC. The molecule has 1 amide bonds. The molecule has 0 saturated carbocycles. The molecule has 0 radical (unpaired) electrons. The van der Waals surface area contributed by atoms with Crippen LogP contribution in [-0.2, 0) is 14.3 Å². The fraction of sp³-hybridized carbons (Fsp3) is 0.870. The lowest BCUT2D eigenvalue weighted by molar-refractivity contribution is -0.143. The summed E-state index contributed by atoms with van der Waals surface area (Å²) in [6, 6.07) is -0.646. The van der Waals surface area contributed by atoms with Crippen molar-refractivity contribution in [3.63, 3.8) is 0 Å². The van der Waals surface area contributed by atoms with Crippen LogP contribution in [0.1, 0.15) is 232 Å². The zero-order valence-corrected chi connectivity index (χ0v) is 34.5. The van der Waals surface area contributed by atoms with E-state index >= 15 is 0 Å². The Kier molecular flexibility index (Phi) is 40.7. The summed E-state index contributed by atoms with van der Waals surface area (Å²) in [4.78, 5) is 24.4. The summed E-state index contributed by atoms with van der Waals surface area (Å²) in [5.41, 5.74) is 0. The van der Waals surface area contributed by atoms with Gasteiger partial charge in [0.1, 0.15) is 0 Å². The molecule has 2 atom stereocenters. The van der Waals surface area contributed by atoms with Crippen molar-refractivity contribution in [2.75, 3.05) is 13.2 Å². The molecule has 0 aromatic carbocycles. The van der Waals surface area contributed by atoms with Crippen molar-refractivity contribution in [3.05, 3.63) is 24.3 Å². The van der Waals surface area contributed by atoms with Gasteiger partial charge in [-0.2, -0.15) is 0 Å². The van der Waals surface area contributed by atoms with E-state index in [1.54, 1.807) is 6.08 Å². The number of hydrogen-bond donors (Lipinski definition) is 3. The maximum absolute atomic E-state index is 12.4. The second-order valence-corrected chi connectivity index (χ2v) is 15.4. The van der Waals surface area contributed by atoms with E-state index in [0.717, 1.165) is 57.8 Å². The van der Waals surface area contributed by atoms with Crippen LogP contribution in [0.4, 0.5) is 0 Å². The molecule has 6 nitrogen and oxygen atoms in total. The first-order valence-corrected chi connectivity index (χ1v) is 22.6. The third-order valence-corrected chi connectivity index (χ3v) is 10.2. The van der Waals surface area contributed by atoms with Crippen molar-refractivity contribution in [2.45, 2.75) is 244 Å². The minimum Gasteiger partial charge on any atom is -0.466 e. The standard InChI is InChI=1S/C46H87NO5/c1-3-5-7-9-11-13-15-16-17-18-20-24-28-32-36-40-46(51)52-41-37-33-29-25-21-23-27-31-35-39-45(50)47-43(42-48)44(49)38-34-30-26-22-19-14-12-10-8-6-4-2/h16-17,34,38,43-44,48-49H,3-15,18-33,35-37,39-42H2,1-2H3,(H,47,50)/b17-16-,38-34+. The second kappa shape index (κ2) is 42.1. The van der Waals surface area contributed by atoms with E-state index in [1.165, 1.54) is 148 Å². The number of ether oxygens (including phenoxy) is 1. The first kappa shape index (κ1) is 50.3. The van der Waals surface area contributed by atoms with Crippen LogP contribution in [0.25, 0.3) is 0 Å². The van der Waals surface area contributed by atoms with Crippen LogP contribution in [0, 0.1) is 0 Å². The lowest BCUT2D eigenvalue weighted by Crippen LogP contribution is -2.45. The van der Waals surface area contributed by atoms with Gasteiger partial charge < -0.3 is 20.3 Å². The molecule has 2 unspecified atom stereocenters. The third kappa shape index (κ3) is 38.1. The molecule has 0 spiro atoms. The fourth-order valence-electron chi connectivity index (χ4n) is 6.68. The second-order valence-electron chi connectivity index (χ2n) is 15.4. The van der Waals surface area contributed by atoms with Gasteiger partial charge in [-0.05, 0) is 57.8 Å². The Morgan fingerprint density at radius 2 is 0.904 bits per heavy atom. The summed E-state index contributed by atoms with van der Waals surface area (Å²) in [5.74, 6) is -0.135. The smallest absolute Gasteiger partial charge is 0.305 e. The van der Waals surface area contributed by atoms with E-state index in [9.17, 15) is 19.8 Å². The van der Waals surface area contributed by atoms with Gasteiger partial charge in [0.25, 0.3) is 0 Å². The number of aliphatic hydroxyl groups is 2. The highest BCUT2D eigenvalue weighted by Gasteiger charge is 2.18. The highest BCUT2D eigenvalue weighted by atomic mass is 16.5. The van der Waals surface area contributed by atoms with Gasteiger partial charge in [-0.25, -0.2) is 0 Å². The molecule has 0 aliphatic heterocycles. The molecule has 0 fully saturated rings. The van der Waals surface area contributed by atoms with Crippen LogP contribution in [-0.4, -0.2) is 47.4 Å². The number of carbonyl (C=O) groups excluding carboxylic acids is 2. The molecule has 0 aliphatic rings. The molecule has 3 N–H and O–H groups in total. The third-order valence-electron chi connectivity index (χ3n) is 10.2. The molecule has 6 heteroatoms. The van der Waals surface area contributed by atoms with Gasteiger partial charge in [0.2, 0.25) is 5.91 Å². The Morgan fingerprint density at radius 3 is 1.37 bits per heavy atom. The van der Waals surface area contributed by atoms with E-state index in [4.69, 9.17) is 4.74 Å². The van der Waals surface area contributed by atoms with Crippen molar-refractivity contribution in [2.24, 2.45) is 0 Å². The summed E-state index contributed by atoms with van der Waals surface area (Å²) in [5, 5.41) is 22.9. The molecule has 0 aliphatic carbocycles. The maximum Gasteiger partial charge on any atom is 0.305 e. The minimum atomic E-state index is -0.860. The van der Waals surface area contributed by atoms with E-state index < -0.39 is 12.1 Å². The predicted octanol–water partition coefficient (Wildman–Crippen LogP) is 12.8. The summed E-state index contributed by atoms with van der Waals surface area (Å²) < 4.78 is 5.43. The number of aliphatic hydroxyl groups excluding tert-OH is 2. The Balaban J connectivity index is 3.53. The average Bonchev–Trinajstić information content (AvgIpc) is 3.14. The van der Waals surface area contributed by atoms with Gasteiger partial charge in [0, 0.05) is 12.8 Å². The number of nitrogens with one attached hydrogen (secondary N) is 1. The zero-order chi connectivity index (χ0) is 38.0. The van der Waals surface area contributed by atoms with Crippen molar-refractivity contribution < 1.29 is 24.5 Å². The largest absolute Gasteiger partial charge is 0.466 e. The molecule has 306 valence electrons. The molecular formula is C46H87NO5. The number of unbranched alkanes of at least 4 members (excludes halogenated alkanes) is 28. The van der Waals surface area contributed by atoms with Crippen LogP contribution in [0.5, 0.6) is 0 Å². The maximum atomic E-state index is 12.4. The first-order valence-electron chi connectivity index (χ1n) is 22.6. The van der Waals surface area contributed by atoms with Crippen molar-refractivity contribution >= 4 is 11.9 Å². The van der Waals surface area contributed by atoms with Crippen molar-refractivity contribution in [1.29, 1.82) is 0 Å². The first-order chi connectivity index (χ1) is 25.5. The van der Waals surface area contributed by atoms with E-state index in [1.807, 2.05) is 6.08 Å². The Bertz CT molecular complexity index is 813. The quantitative estimate of drug-likeness (QED) is 0.0330. The lowest BCUT2D eigenvalue weighted by atomic mass is 10.1. The lowest BCUT2D eigenvalue weighted by Gasteiger charge is -2.20. The van der Waals surface area contributed by atoms with E-state index in [-0.39, 0.29) is 18.5 Å². The molecule has 0 aromatic heterocycles. The predicted molar refractivity (Wildman–Crippen MR) is 223 cm³/mol. The number of amides is 1. The van der Waals surface area contributed by atoms with Crippen molar-refractivity contribution in [1.82, 2.24) is 5.32 Å². The molecule has 52 heavy (non-hydrogen) atoms. The van der Waals surface area contributed by atoms with Gasteiger partial charge in [0.05, 0.1) is 25.4 Å². The van der Waals surface area contributed by atoms with Crippen LogP contribution < -0.4 is 5.32 Å². The Labute approximate surface area is 322 Å². The van der Waals surface area contributed by atoms with Crippen LogP contribution in [0.15, 0.2) is 24.3 Å². The zero-order valence-electron chi connectivity index (χ0n) is 34.5. The van der Waals surface area contributed by atoms with E-state index in [2.05, 4.69) is 31.3 Å². The normalized spacial score (nSPS) is 12.9. The number of allylic oxidation sites excluding steroid dienone is 3. The summed E-state index contributed by atoms with van der Waals surface area (Å²) in [7, 11) is 0. The molecule has 0 rings (SSSR count). The van der Waals surface area contributed by atoms with Crippen LogP contribution >= 0.6 is 0 Å². The number of esters is 1. The monoisotopic (exact) mass is 734 g/mol. The number of rotatable bonds is 41. The summed E-state index contributed by atoms with van der Waals surface area (Å²) in [6.07, 6.45) is 47.3. The molecule has 0 saturated heterocycles. The molecule has 0 heterocycles. The topological polar surface area (TPSA) is 95.9 Å².